The van der Waals surface area contributed by atoms with Crippen LogP contribution < -0.4 is 10.6 Å². The first-order valence-corrected chi connectivity index (χ1v) is 18.3. The van der Waals surface area contributed by atoms with E-state index < -0.39 is 47.9 Å². The maximum atomic E-state index is 13.6. The van der Waals surface area contributed by atoms with Crippen LogP contribution in [0.3, 0.4) is 0 Å². The summed E-state index contributed by atoms with van der Waals surface area (Å²) >= 11 is 3.48. The molecule has 4 heterocycles. The van der Waals surface area contributed by atoms with Crippen molar-refractivity contribution < 1.29 is 38.7 Å². The molecule has 2 atom stereocenters. The van der Waals surface area contributed by atoms with Gasteiger partial charge in [-0.05, 0) is 34.2 Å². The highest BCUT2D eigenvalue weighted by molar-refractivity contribution is 8.08. The zero-order chi connectivity index (χ0) is 36.5. The number of rotatable bonds is 15. The number of aliphatic carboxylic acids is 1. The lowest BCUT2D eigenvalue weighted by Crippen LogP contribution is -2.71. The highest BCUT2D eigenvalue weighted by Crippen LogP contribution is 2.43. The van der Waals surface area contributed by atoms with E-state index in [2.05, 4.69) is 25.8 Å². The first kappa shape index (κ1) is 36.0. The molecule has 0 radical (unpaired) electrons. The molecule has 1 unspecified atom stereocenters. The summed E-state index contributed by atoms with van der Waals surface area (Å²) in [6, 6.07) is 20.8. The van der Waals surface area contributed by atoms with Gasteiger partial charge in [-0.15, -0.1) is 23.1 Å². The van der Waals surface area contributed by atoms with Crippen LogP contribution in [0, 0.1) is 0 Å². The topological polar surface area (TPSA) is 189 Å². The van der Waals surface area contributed by atoms with Crippen molar-refractivity contribution in [2.24, 2.45) is 5.16 Å². The maximum Gasteiger partial charge on any atom is 0.353 e. The van der Waals surface area contributed by atoms with Gasteiger partial charge in [-0.2, -0.15) is 0 Å². The zero-order valence-corrected chi connectivity index (χ0v) is 29.3. The van der Waals surface area contributed by atoms with E-state index in [1.54, 1.807) is 29.9 Å². The second-order valence-electron chi connectivity index (χ2n) is 10.8. The molecule has 2 aliphatic rings. The second kappa shape index (κ2) is 17.0. The molecular weight excluding hydrogens is 729 g/mol. The van der Waals surface area contributed by atoms with Crippen LogP contribution in [-0.4, -0.2) is 79.6 Å². The number of thioether (sulfide) groups is 2. The van der Waals surface area contributed by atoms with Gasteiger partial charge in [-0.25, -0.2) is 14.6 Å². The van der Waals surface area contributed by atoms with Crippen LogP contribution in [0.25, 0.3) is 6.08 Å². The number of carbonyl (C=O) groups excluding carboxylic acids is 4. The number of carboxylic acids is 1. The SMILES string of the molecule is O=CNc1nc(/C(=N\OCC(=O)OC(c2ccccc2)c2ccccc2)C(=O)NC2C(=O)N3C(C(=O)O)=C(S/C=C\c4cccnc4)CS[C@H]23)cs1. The van der Waals surface area contributed by atoms with Gasteiger partial charge >= 0.3 is 11.9 Å². The first-order chi connectivity index (χ1) is 25.3. The molecule has 2 aromatic heterocycles. The van der Waals surface area contributed by atoms with E-state index >= 15 is 0 Å². The molecule has 2 aromatic carbocycles. The number of benzene rings is 2. The van der Waals surface area contributed by atoms with Crippen molar-refractivity contribution in [2.45, 2.75) is 17.5 Å². The number of carboxylic acid groups (broad SMARTS) is 1. The van der Waals surface area contributed by atoms with Gasteiger partial charge in [0.2, 0.25) is 13.0 Å². The largest absolute Gasteiger partial charge is 0.477 e. The van der Waals surface area contributed by atoms with Crippen LogP contribution in [0.5, 0.6) is 0 Å². The number of carbonyl (C=O) groups is 5. The number of anilines is 1. The molecule has 0 spiro atoms. The van der Waals surface area contributed by atoms with Gasteiger partial charge in [0.05, 0.1) is 0 Å². The summed E-state index contributed by atoms with van der Waals surface area (Å²) < 4.78 is 5.75. The Labute approximate surface area is 309 Å². The Bertz CT molecular complexity index is 2000. The summed E-state index contributed by atoms with van der Waals surface area (Å²) in [6.45, 7) is -0.673. The number of aromatic nitrogens is 2. The predicted molar refractivity (Wildman–Crippen MR) is 196 cm³/mol. The fourth-order valence-corrected chi connectivity index (χ4v) is 8.18. The molecule has 2 aliphatic heterocycles. The van der Waals surface area contributed by atoms with Crippen molar-refractivity contribution >= 4 is 81.9 Å². The summed E-state index contributed by atoms with van der Waals surface area (Å²) in [7, 11) is 0. The minimum absolute atomic E-state index is 0.00296. The Morgan fingerprint density at radius 2 is 1.81 bits per heavy atom. The van der Waals surface area contributed by atoms with Gasteiger partial charge < -0.3 is 25.3 Å². The molecule has 0 aliphatic carbocycles. The number of β-lactam (4-membered cyclic amide) rings is 1. The van der Waals surface area contributed by atoms with E-state index in [9.17, 15) is 29.1 Å². The molecule has 1 saturated heterocycles. The second-order valence-corrected chi connectivity index (χ2v) is 13.8. The highest BCUT2D eigenvalue weighted by Gasteiger charge is 2.54. The Morgan fingerprint density at radius 3 is 2.46 bits per heavy atom. The average Bonchev–Trinajstić information content (AvgIpc) is 3.63. The van der Waals surface area contributed by atoms with E-state index in [4.69, 9.17) is 9.57 Å². The minimum atomic E-state index is -1.28. The molecule has 4 aromatic rings. The molecule has 0 bridgehead atoms. The number of hydrogen-bond acceptors (Lipinski definition) is 13. The quantitative estimate of drug-likeness (QED) is 0.0515. The van der Waals surface area contributed by atoms with Crippen LogP contribution >= 0.6 is 34.9 Å². The molecule has 52 heavy (non-hydrogen) atoms. The number of nitrogens with zero attached hydrogens (tertiary/aromatic N) is 4. The van der Waals surface area contributed by atoms with Crippen molar-refractivity contribution in [1.82, 2.24) is 20.2 Å². The van der Waals surface area contributed by atoms with Crippen molar-refractivity contribution in [2.75, 3.05) is 17.7 Å². The molecule has 1 fully saturated rings. The Morgan fingerprint density at radius 1 is 1.08 bits per heavy atom. The smallest absolute Gasteiger partial charge is 0.353 e. The molecule has 17 heteroatoms. The number of amides is 3. The third-order valence-electron chi connectivity index (χ3n) is 7.51. The molecule has 3 amide bonds. The summed E-state index contributed by atoms with van der Waals surface area (Å²) in [4.78, 5) is 78.4. The number of oxime groups is 1. The van der Waals surface area contributed by atoms with Crippen LogP contribution in [0.15, 0.2) is 112 Å². The summed E-state index contributed by atoms with van der Waals surface area (Å²) in [5.74, 6) is -3.28. The van der Waals surface area contributed by atoms with Gasteiger partial charge in [-0.3, -0.25) is 24.3 Å². The van der Waals surface area contributed by atoms with Crippen molar-refractivity contribution in [3.63, 3.8) is 0 Å². The standard InChI is InChI=1S/C35H28N6O8S3/c42-20-37-35-38-24(18-52-35)27(40-48-17-26(43)49-30(22-9-3-1-4-10-22)23-11-5-2-6-12-23)31(44)39-28-32(45)41-29(34(46)47)25(19-51-33(28)41)50-15-13-21-8-7-14-36-16-21/h1-16,18,20,28,30,33H,17,19H2,(H,39,44)(H,46,47)(H,37,38,42)/b15-13-,40-27+/t28?,33-/m1/s1. The number of thiazole rings is 1. The van der Waals surface area contributed by atoms with Crippen molar-refractivity contribution in [3.05, 3.63) is 129 Å². The van der Waals surface area contributed by atoms with E-state index in [1.807, 2.05) is 66.7 Å². The van der Waals surface area contributed by atoms with E-state index in [0.29, 0.717) is 11.3 Å². The van der Waals surface area contributed by atoms with Gasteiger partial charge in [0.15, 0.2) is 16.9 Å². The number of nitrogens with one attached hydrogen (secondary N) is 2. The molecule has 264 valence electrons. The monoisotopic (exact) mass is 756 g/mol. The number of ether oxygens (including phenoxy) is 1. The predicted octanol–water partition coefficient (Wildman–Crippen LogP) is 4.26. The van der Waals surface area contributed by atoms with Gasteiger partial charge in [-0.1, -0.05) is 83.6 Å². The number of hydrogen-bond donors (Lipinski definition) is 3. The van der Waals surface area contributed by atoms with Crippen LogP contribution in [0.2, 0.25) is 0 Å². The van der Waals surface area contributed by atoms with E-state index in [1.165, 1.54) is 28.9 Å². The third kappa shape index (κ3) is 8.39. The fourth-order valence-electron chi connectivity index (χ4n) is 5.16. The molecule has 14 nitrogen and oxygen atoms in total. The maximum absolute atomic E-state index is 13.6. The highest BCUT2D eigenvalue weighted by atomic mass is 32.2. The Balaban J connectivity index is 1.15. The fraction of sp³-hybridized carbons (Fsp3) is 0.143. The van der Waals surface area contributed by atoms with E-state index in [-0.39, 0.29) is 28.0 Å². The van der Waals surface area contributed by atoms with Crippen LogP contribution in [0.1, 0.15) is 28.5 Å². The Hall–Kier alpha value is -5.78. The van der Waals surface area contributed by atoms with Crippen LogP contribution in [0.4, 0.5) is 5.13 Å². The van der Waals surface area contributed by atoms with Crippen molar-refractivity contribution in [3.8, 4) is 0 Å². The number of fused-ring (bicyclic) bond motifs is 1. The van der Waals surface area contributed by atoms with Gasteiger partial charge in [0, 0.05) is 28.4 Å². The van der Waals surface area contributed by atoms with Gasteiger partial charge in [0.1, 0.15) is 22.8 Å². The minimum Gasteiger partial charge on any atom is -0.477 e. The average molecular weight is 757 g/mol. The number of esters is 1. The third-order valence-corrected chi connectivity index (χ3v) is 10.6. The zero-order valence-electron chi connectivity index (χ0n) is 26.9. The first-order valence-electron chi connectivity index (χ1n) is 15.4. The summed E-state index contributed by atoms with van der Waals surface area (Å²) in [6.07, 6.45) is 4.77. The van der Waals surface area contributed by atoms with Crippen molar-refractivity contribution in [1.29, 1.82) is 0 Å². The summed E-state index contributed by atoms with van der Waals surface area (Å²) in [5.41, 5.74) is 1.74. The molecular formula is C35H28N6O8S3. The lowest BCUT2D eigenvalue weighted by molar-refractivity contribution is -0.153. The lowest BCUT2D eigenvalue weighted by atomic mass is 10.0. The van der Waals surface area contributed by atoms with Crippen LogP contribution in [-0.2, 0) is 33.5 Å². The Kier molecular flexibility index (Phi) is 11.7. The lowest BCUT2D eigenvalue weighted by Gasteiger charge is -2.49. The molecule has 0 saturated carbocycles. The molecule has 3 N–H and O–H groups in total. The normalized spacial score (nSPS) is 17.0. The number of pyridine rings is 1. The van der Waals surface area contributed by atoms with E-state index in [0.717, 1.165) is 32.9 Å². The summed E-state index contributed by atoms with van der Waals surface area (Å²) in [5, 5.41) is 21.5. The molecule has 6 rings (SSSR count). The van der Waals surface area contributed by atoms with Gasteiger partial charge in [0.25, 0.3) is 11.8 Å².